The number of hydrogen-bond donors (Lipinski definition) is 1. The molecule has 0 saturated carbocycles. The lowest BCUT2D eigenvalue weighted by Crippen LogP contribution is -2.17. The van der Waals surface area contributed by atoms with Gasteiger partial charge in [0.25, 0.3) is 0 Å². The van der Waals surface area contributed by atoms with Crippen LogP contribution in [0.3, 0.4) is 0 Å². The molecule has 0 fully saturated rings. The van der Waals surface area contributed by atoms with E-state index in [4.69, 9.17) is 4.42 Å². The summed E-state index contributed by atoms with van der Waals surface area (Å²) in [6.45, 7) is 1.98. The van der Waals surface area contributed by atoms with Gasteiger partial charge in [0, 0.05) is 5.69 Å². The highest BCUT2D eigenvalue weighted by Gasteiger charge is 2.32. The molecule has 1 N–H and O–H groups in total. The molecule has 7 heteroatoms. The largest absolute Gasteiger partial charge is 0.573 e. The minimum atomic E-state index is -4.71. The van der Waals surface area contributed by atoms with E-state index in [0.29, 0.717) is 5.69 Å². The van der Waals surface area contributed by atoms with Crippen molar-refractivity contribution in [2.75, 3.05) is 5.32 Å². The average Bonchev–Trinajstić information content (AvgIpc) is 2.91. The van der Waals surface area contributed by atoms with Crippen molar-refractivity contribution in [2.45, 2.75) is 25.7 Å². The van der Waals surface area contributed by atoms with E-state index < -0.39 is 6.36 Å². The van der Waals surface area contributed by atoms with Gasteiger partial charge in [0.1, 0.15) is 11.5 Å². The molecule has 0 aliphatic heterocycles. The molecule has 0 saturated heterocycles. The van der Waals surface area contributed by atoms with Crippen LogP contribution in [0.5, 0.6) is 5.75 Å². The molecular weight excluding hydrogens is 351 g/mol. The van der Waals surface area contributed by atoms with E-state index in [9.17, 15) is 13.2 Å². The maximum absolute atomic E-state index is 12.2. The molecule has 0 bridgehead atoms. The molecule has 114 valence electrons. The van der Waals surface area contributed by atoms with Gasteiger partial charge in [-0.1, -0.05) is 6.92 Å². The zero-order valence-corrected chi connectivity index (χ0v) is 12.7. The number of rotatable bonds is 5. The summed E-state index contributed by atoms with van der Waals surface area (Å²) < 4.78 is 46.1. The summed E-state index contributed by atoms with van der Waals surface area (Å²) in [6, 6.07) is 7.90. The third-order valence-corrected chi connectivity index (χ3v) is 3.41. The van der Waals surface area contributed by atoms with Gasteiger partial charge in [-0.05, 0) is 52.7 Å². The lowest BCUT2D eigenvalue weighted by molar-refractivity contribution is -0.274. The molecule has 1 aromatic carbocycles. The Hall–Kier alpha value is -1.63. The van der Waals surface area contributed by atoms with Crippen molar-refractivity contribution in [3.8, 4) is 5.75 Å². The third kappa shape index (κ3) is 4.42. The first-order valence-corrected chi connectivity index (χ1v) is 7.03. The molecule has 0 spiro atoms. The van der Waals surface area contributed by atoms with Crippen molar-refractivity contribution in [2.24, 2.45) is 0 Å². The second-order valence-electron chi connectivity index (χ2n) is 4.31. The molecular formula is C14H13BrF3NO2. The van der Waals surface area contributed by atoms with E-state index >= 15 is 0 Å². The number of benzene rings is 1. The predicted octanol–water partition coefficient (Wildman–Crippen LogP) is 5.50. The molecule has 0 aliphatic carbocycles. The lowest BCUT2D eigenvalue weighted by Gasteiger charge is -2.17. The highest BCUT2D eigenvalue weighted by molar-refractivity contribution is 9.10. The van der Waals surface area contributed by atoms with Crippen LogP contribution in [0, 0.1) is 0 Å². The van der Waals surface area contributed by atoms with E-state index in [-0.39, 0.29) is 16.3 Å². The molecule has 0 amide bonds. The van der Waals surface area contributed by atoms with Crippen molar-refractivity contribution in [1.82, 2.24) is 0 Å². The molecule has 0 aliphatic rings. The number of halogens is 4. The highest BCUT2D eigenvalue weighted by Crippen LogP contribution is 2.33. The van der Waals surface area contributed by atoms with Gasteiger partial charge < -0.3 is 14.5 Å². The second-order valence-corrected chi connectivity index (χ2v) is 5.17. The summed E-state index contributed by atoms with van der Waals surface area (Å²) in [4.78, 5) is 0. The summed E-state index contributed by atoms with van der Waals surface area (Å²) in [7, 11) is 0. The van der Waals surface area contributed by atoms with Crippen LogP contribution in [-0.2, 0) is 0 Å². The molecule has 1 heterocycles. The Bertz CT molecular complexity index is 584. The van der Waals surface area contributed by atoms with Crippen LogP contribution in [0.1, 0.15) is 25.1 Å². The van der Waals surface area contributed by atoms with Gasteiger partial charge in [-0.15, -0.1) is 13.2 Å². The number of anilines is 1. The SMILES string of the molecule is CCC(Nc1ccc(OC(F)(F)F)c(Br)c1)c1ccco1. The Morgan fingerprint density at radius 1 is 1.33 bits per heavy atom. The minimum absolute atomic E-state index is 0.0544. The third-order valence-electron chi connectivity index (χ3n) is 2.79. The van der Waals surface area contributed by atoms with Crippen molar-refractivity contribution in [1.29, 1.82) is 0 Å². The molecule has 3 nitrogen and oxygen atoms in total. The standard InChI is InChI=1S/C14H13BrF3NO2/c1-2-11(13-4-3-7-20-13)19-9-5-6-12(10(15)8-9)21-14(16,17)18/h3-8,11,19H,2H2,1H3. The van der Waals surface area contributed by atoms with Crippen LogP contribution in [0.4, 0.5) is 18.9 Å². The molecule has 1 unspecified atom stereocenters. The first kappa shape index (κ1) is 15.8. The van der Waals surface area contributed by atoms with Crippen LogP contribution >= 0.6 is 15.9 Å². The van der Waals surface area contributed by atoms with E-state index in [1.165, 1.54) is 18.2 Å². The van der Waals surface area contributed by atoms with Gasteiger partial charge in [-0.3, -0.25) is 0 Å². The number of hydrogen-bond acceptors (Lipinski definition) is 3. The van der Waals surface area contributed by atoms with Gasteiger partial charge in [-0.25, -0.2) is 0 Å². The maximum atomic E-state index is 12.2. The zero-order chi connectivity index (χ0) is 15.5. The predicted molar refractivity (Wildman–Crippen MR) is 76.2 cm³/mol. The second kappa shape index (κ2) is 6.43. The van der Waals surface area contributed by atoms with Crippen LogP contribution in [-0.4, -0.2) is 6.36 Å². The molecule has 1 atom stereocenters. The van der Waals surface area contributed by atoms with Crippen LogP contribution in [0.25, 0.3) is 0 Å². The monoisotopic (exact) mass is 363 g/mol. The molecule has 2 aromatic rings. The summed E-state index contributed by atoms with van der Waals surface area (Å²) in [6.07, 6.45) is -2.36. The van der Waals surface area contributed by atoms with Crippen LogP contribution < -0.4 is 10.1 Å². The molecule has 2 rings (SSSR count). The van der Waals surface area contributed by atoms with Gasteiger partial charge in [0.05, 0.1) is 16.8 Å². The fraction of sp³-hybridized carbons (Fsp3) is 0.286. The Kier molecular flexibility index (Phi) is 4.82. The summed E-state index contributed by atoms with van der Waals surface area (Å²) in [5.74, 6) is 0.489. The molecule has 1 aromatic heterocycles. The van der Waals surface area contributed by atoms with Gasteiger partial charge in [0.15, 0.2) is 0 Å². The van der Waals surface area contributed by atoms with Crippen molar-refractivity contribution in [3.63, 3.8) is 0 Å². The van der Waals surface area contributed by atoms with Gasteiger partial charge in [0.2, 0.25) is 0 Å². The highest BCUT2D eigenvalue weighted by atomic mass is 79.9. The topological polar surface area (TPSA) is 34.4 Å². The lowest BCUT2D eigenvalue weighted by atomic mass is 10.1. The summed E-state index contributed by atoms with van der Waals surface area (Å²) in [5, 5.41) is 3.20. The van der Waals surface area contributed by atoms with Gasteiger partial charge in [-0.2, -0.15) is 0 Å². The average molecular weight is 364 g/mol. The Balaban J connectivity index is 2.13. The fourth-order valence-corrected chi connectivity index (χ4v) is 2.32. The normalized spacial score (nSPS) is 13.0. The van der Waals surface area contributed by atoms with E-state index in [1.807, 2.05) is 13.0 Å². The van der Waals surface area contributed by atoms with Crippen LogP contribution in [0.15, 0.2) is 45.5 Å². The Labute approximate surface area is 128 Å². The minimum Gasteiger partial charge on any atom is -0.467 e. The van der Waals surface area contributed by atoms with E-state index in [1.54, 1.807) is 12.3 Å². The summed E-state index contributed by atoms with van der Waals surface area (Å²) in [5.41, 5.74) is 0.666. The summed E-state index contributed by atoms with van der Waals surface area (Å²) >= 11 is 3.07. The van der Waals surface area contributed by atoms with Crippen molar-refractivity contribution in [3.05, 3.63) is 46.8 Å². The van der Waals surface area contributed by atoms with Crippen molar-refractivity contribution < 1.29 is 22.3 Å². The number of furan rings is 1. The van der Waals surface area contributed by atoms with Crippen LogP contribution in [0.2, 0.25) is 0 Å². The number of nitrogens with one attached hydrogen (secondary N) is 1. The Morgan fingerprint density at radius 3 is 2.62 bits per heavy atom. The fourth-order valence-electron chi connectivity index (χ4n) is 1.86. The Morgan fingerprint density at radius 2 is 2.10 bits per heavy atom. The smallest absolute Gasteiger partial charge is 0.467 e. The quantitative estimate of drug-likeness (QED) is 0.760. The van der Waals surface area contributed by atoms with E-state index in [2.05, 4.69) is 26.0 Å². The molecule has 21 heavy (non-hydrogen) atoms. The first-order chi connectivity index (χ1) is 9.89. The van der Waals surface area contributed by atoms with E-state index in [0.717, 1.165) is 12.2 Å². The maximum Gasteiger partial charge on any atom is 0.573 e. The van der Waals surface area contributed by atoms with Crippen molar-refractivity contribution >= 4 is 21.6 Å². The molecule has 0 radical (unpaired) electrons. The number of alkyl halides is 3. The zero-order valence-electron chi connectivity index (χ0n) is 11.1. The first-order valence-electron chi connectivity index (χ1n) is 6.24. The number of ether oxygens (including phenoxy) is 1. The van der Waals surface area contributed by atoms with Gasteiger partial charge >= 0.3 is 6.36 Å².